The van der Waals surface area contributed by atoms with Gasteiger partial charge in [-0.2, -0.15) is 0 Å². The molecule has 2 amide bonds. The van der Waals surface area contributed by atoms with E-state index in [4.69, 9.17) is 12.2 Å². The van der Waals surface area contributed by atoms with Crippen LogP contribution in [0.4, 0.5) is 4.39 Å². The van der Waals surface area contributed by atoms with Gasteiger partial charge in [0.15, 0.2) is 5.11 Å². The Balaban J connectivity index is 2.09. The van der Waals surface area contributed by atoms with E-state index in [9.17, 15) is 14.0 Å². The van der Waals surface area contributed by atoms with Crippen molar-refractivity contribution in [2.45, 2.75) is 0 Å². The van der Waals surface area contributed by atoms with Crippen molar-refractivity contribution in [1.82, 2.24) is 10.2 Å². The summed E-state index contributed by atoms with van der Waals surface area (Å²) in [7, 11) is 0. The van der Waals surface area contributed by atoms with Gasteiger partial charge in [-0.1, -0.05) is 48.5 Å². The highest BCUT2D eigenvalue weighted by molar-refractivity contribution is 7.80. The van der Waals surface area contributed by atoms with Gasteiger partial charge >= 0.3 is 0 Å². The lowest BCUT2D eigenvalue weighted by Gasteiger charge is -2.27. The summed E-state index contributed by atoms with van der Waals surface area (Å²) >= 11 is 5.03. The molecule has 1 heterocycles. The van der Waals surface area contributed by atoms with Crippen molar-refractivity contribution in [2.24, 2.45) is 0 Å². The van der Waals surface area contributed by atoms with E-state index in [0.717, 1.165) is 0 Å². The second-order valence-electron chi connectivity index (χ2n) is 5.59. The van der Waals surface area contributed by atoms with E-state index in [2.05, 4.69) is 11.9 Å². The zero-order chi connectivity index (χ0) is 18.7. The van der Waals surface area contributed by atoms with Crippen LogP contribution in [0.1, 0.15) is 5.56 Å². The Morgan fingerprint density at radius 1 is 1.08 bits per heavy atom. The molecule has 3 rings (SSSR count). The van der Waals surface area contributed by atoms with Crippen LogP contribution in [0.15, 0.2) is 66.8 Å². The molecule has 6 heteroatoms. The van der Waals surface area contributed by atoms with Crippen molar-refractivity contribution in [2.75, 3.05) is 6.54 Å². The number of benzene rings is 2. The summed E-state index contributed by atoms with van der Waals surface area (Å²) in [6.45, 7) is 3.77. The van der Waals surface area contributed by atoms with Gasteiger partial charge in [-0.15, -0.1) is 6.58 Å². The number of carbonyl (C=O) groups is 2. The molecule has 0 radical (unpaired) electrons. The SMILES string of the molecule is C=CCN1C(=O)C(=Cc2ccccc2-c2ccccc2F)C(=O)NC1=S. The van der Waals surface area contributed by atoms with Gasteiger partial charge in [0.25, 0.3) is 11.8 Å². The Kier molecular flexibility index (Phi) is 5.04. The number of hydrogen-bond donors (Lipinski definition) is 1. The number of rotatable bonds is 4. The van der Waals surface area contributed by atoms with Crippen molar-refractivity contribution in [3.05, 3.63) is 78.1 Å². The Bertz CT molecular complexity index is 952. The first-order valence-corrected chi connectivity index (χ1v) is 8.27. The zero-order valence-corrected chi connectivity index (χ0v) is 14.6. The molecule has 0 bridgehead atoms. The molecule has 1 N–H and O–H groups in total. The molecule has 1 saturated heterocycles. The van der Waals surface area contributed by atoms with Gasteiger partial charge in [0.2, 0.25) is 0 Å². The van der Waals surface area contributed by atoms with Crippen LogP contribution >= 0.6 is 12.2 Å². The second-order valence-corrected chi connectivity index (χ2v) is 5.98. The molecule has 0 spiro atoms. The summed E-state index contributed by atoms with van der Waals surface area (Å²) in [6.07, 6.45) is 2.98. The van der Waals surface area contributed by atoms with Crippen molar-refractivity contribution < 1.29 is 14.0 Å². The molecule has 4 nitrogen and oxygen atoms in total. The number of thiocarbonyl (C=S) groups is 1. The molecule has 1 fully saturated rings. The fourth-order valence-electron chi connectivity index (χ4n) is 2.69. The van der Waals surface area contributed by atoms with Gasteiger partial charge in [0.1, 0.15) is 11.4 Å². The molecule has 0 saturated carbocycles. The number of amides is 2. The molecule has 130 valence electrons. The standard InChI is InChI=1S/C20H15FN2O2S/c1-2-11-23-19(25)16(18(24)22-20(23)26)12-13-7-3-4-8-14(13)15-9-5-6-10-17(15)21/h2-10,12H,1,11H2,(H,22,24,26). The normalized spacial score (nSPS) is 16.0. The van der Waals surface area contributed by atoms with Crippen LogP contribution in [0, 0.1) is 5.82 Å². The fourth-order valence-corrected chi connectivity index (χ4v) is 2.94. The van der Waals surface area contributed by atoms with E-state index in [1.54, 1.807) is 42.5 Å². The lowest BCUT2D eigenvalue weighted by atomic mass is 9.97. The average molecular weight is 366 g/mol. The Hall–Kier alpha value is -3.12. The first-order chi connectivity index (χ1) is 12.5. The summed E-state index contributed by atoms with van der Waals surface area (Å²) in [4.78, 5) is 26.2. The largest absolute Gasteiger partial charge is 0.298 e. The molecule has 1 aliphatic rings. The van der Waals surface area contributed by atoms with E-state index < -0.39 is 11.8 Å². The average Bonchev–Trinajstić information content (AvgIpc) is 2.63. The molecule has 26 heavy (non-hydrogen) atoms. The minimum absolute atomic E-state index is 0.0411. The first-order valence-electron chi connectivity index (χ1n) is 7.86. The van der Waals surface area contributed by atoms with Gasteiger partial charge in [-0.3, -0.25) is 19.8 Å². The quantitative estimate of drug-likeness (QED) is 0.391. The van der Waals surface area contributed by atoms with Crippen molar-refractivity contribution >= 4 is 35.2 Å². The third-order valence-corrected chi connectivity index (χ3v) is 4.24. The van der Waals surface area contributed by atoms with Crippen molar-refractivity contribution in [3.8, 4) is 11.1 Å². The first kappa shape index (κ1) is 17.7. The maximum absolute atomic E-state index is 14.2. The fraction of sp³-hybridized carbons (Fsp3) is 0.0500. The third kappa shape index (κ3) is 3.32. The van der Waals surface area contributed by atoms with Crippen molar-refractivity contribution in [3.63, 3.8) is 0 Å². The molecule has 0 aliphatic carbocycles. The van der Waals surface area contributed by atoms with Gasteiger partial charge in [-0.25, -0.2) is 4.39 Å². The molecular weight excluding hydrogens is 351 g/mol. The monoisotopic (exact) mass is 366 g/mol. The summed E-state index contributed by atoms with van der Waals surface area (Å²) in [6, 6.07) is 13.3. The van der Waals surface area contributed by atoms with Gasteiger partial charge in [-0.05, 0) is 35.5 Å². The predicted octanol–water partition coefficient (Wildman–Crippen LogP) is 3.31. The summed E-state index contributed by atoms with van der Waals surface area (Å²) < 4.78 is 14.2. The van der Waals surface area contributed by atoms with Crippen LogP contribution in [0.5, 0.6) is 0 Å². The van der Waals surface area contributed by atoms with E-state index in [0.29, 0.717) is 16.7 Å². The number of hydrogen-bond acceptors (Lipinski definition) is 3. The smallest absolute Gasteiger partial charge is 0.265 e. The topological polar surface area (TPSA) is 49.4 Å². The van der Waals surface area contributed by atoms with Gasteiger partial charge in [0.05, 0.1) is 0 Å². The Labute approximate surface area is 155 Å². The third-order valence-electron chi connectivity index (χ3n) is 3.92. The van der Waals surface area contributed by atoms with Crippen LogP contribution in [-0.2, 0) is 9.59 Å². The lowest BCUT2D eigenvalue weighted by molar-refractivity contribution is -0.128. The van der Waals surface area contributed by atoms with E-state index in [1.165, 1.54) is 23.1 Å². The van der Waals surface area contributed by atoms with E-state index in [-0.39, 0.29) is 23.0 Å². The second kappa shape index (κ2) is 7.41. The molecule has 1 aliphatic heterocycles. The van der Waals surface area contributed by atoms with Crippen LogP contribution in [0.25, 0.3) is 17.2 Å². The van der Waals surface area contributed by atoms with Gasteiger partial charge < -0.3 is 0 Å². The highest BCUT2D eigenvalue weighted by Crippen LogP contribution is 2.28. The molecular formula is C20H15FN2O2S. The van der Waals surface area contributed by atoms with Crippen LogP contribution in [0.3, 0.4) is 0 Å². The van der Waals surface area contributed by atoms with Crippen molar-refractivity contribution in [1.29, 1.82) is 0 Å². The minimum atomic E-state index is -0.580. The predicted molar refractivity (Wildman–Crippen MR) is 102 cm³/mol. The number of halogens is 1. The Morgan fingerprint density at radius 2 is 1.73 bits per heavy atom. The molecule has 0 atom stereocenters. The van der Waals surface area contributed by atoms with E-state index in [1.807, 2.05) is 0 Å². The molecule has 0 unspecified atom stereocenters. The number of nitrogens with one attached hydrogen (secondary N) is 1. The minimum Gasteiger partial charge on any atom is -0.298 e. The maximum Gasteiger partial charge on any atom is 0.265 e. The molecule has 2 aromatic carbocycles. The molecule has 2 aromatic rings. The Morgan fingerprint density at radius 3 is 2.42 bits per heavy atom. The summed E-state index contributed by atoms with van der Waals surface area (Å²) in [5.41, 5.74) is 1.47. The van der Waals surface area contributed by atoms with Crippen LogP contribution in [0.2, 0.25) is 0 Å². The van der Waals surface area contributed by atoms with Gasteiger partial charge in [0, 0.05) is 12.1 Å². The highest BCUT2D eigenvalue weighted by Gasteiger charge is 2.32. The highest BCUT2D eigenvalue weighted by atomic mass is 32.1. The molecule has 0 aromatic heterocycles. The summed E-state index contributed by atoms with van der Waals surface area (Å²) in [5, 5.41) is 2.53. The maximum atomic E-state index is 14.2. The summed E-state index contributed by atoms with van der Waals surface area (Å²) in [5.74, 6) is -1.47. The number of carbonyl (C=O) groups excluding carboxylic acids is 2. The van der Waals surface area contributed by atoms with Crippen LogP contribution < -0.4 is 5.32 Å². The zero-order valence-electron chi connectivity index (χ0n) is 13.7. The van der Waals surface area contributed by atoms with Crippen LogP contribution in [-0.4, -0.2) is 28.4 Å². The lowest BCUT2D eigenvalue weighted by Crippen LogP contribution is -2.53. The van der Waals surface area contributed by atoms with E-state index >= 15 is 0 Å². The number of nitrogens with zero attached hydrogens (tertiary/aromatic N) is 1.